The normalized spacial score (nSPS) is 17.9. The minimum Gasteiger partial charge on any atom is -0.478 e. The molecule has 1 aliphatic rings. The van der Waals surface area contributed by atoms with Crippen LogP contribution in [0.5, 0.6) is 0 Å². The van der Waals surface area contributed by atoms with E-state index in [2.05, 4.69) is 5.32 Å². The Kier molecular flexibility index (Phi) is 6.74. The molecule has 1 saturated heterocycles. The number of rotatable bonds is 7. The van der Waals surface area contributed by atoms with Crippen LogP contribution >= 0.6 is 11.8 Å². The van der Waals surface area contributed by atoms with Crippen LogP contribution in [0, 0.1) is 0 Å². The lowest BCUT2D eigenvalue weighted by Crippen LogP contribution is -2.26. The van der Waals surface area contributed by atoms with Crippen molar-refractivity contribution in [3.63, 3.8) is 0 Å². The molecule has 1 aromatic rings. The SMILES string of the molecule is O=C(CSCC1CCCCO1)NCc1ccc(C(=O)O)cc1. The van der Waals surface area contributed by atoms with Gasteiger partial charge in [0.1, 0.15) is 0 Å². The van der Waals surface area contributed by atoms with Crippen LogP contribution in [0.4, 0.5) is 0 Å². The number of nitrogens with one attached hydrogen (secondary N) is 1. The molecule has 1 unspecified atom stereocenters. The predicted molar refractivity (Wildman–Crippen MR) is 86.2 cm³/mol. The van der Waals surface area contributed by atoms with Crippen molar-refractivity contribution < 1.29 is 19.4 Å². The second-order valence-electron chi connectivity index (χ2n) is 5.28. The molecule has 2 N–H and O–H groups in total. The molecule has 1 fully saturated rings. The van der Waals surface area contributed by atoms with Gasteiger partial charge in [-0.25, -0.2) is 4.79 Å². The van der Waals surface area contributed by atoms with Crippen molar-refractivity contribution in [3.8, 4) is 0 Å². The van der Waals surface area contributed by atoms with Gasteiger partial charge in [-0.2, -0.15) is 0 Å². The number of hydrogen-bond donors (Lipinski definition) is 2. The second kappa shape index (κ2) is 8.80. The fourth-order valence-electron chi connectivity index (χ4n) is 2.24. The Balaban J connectivity index is 1.63. The summed E-state index contributed by atoms with van der Waals surface area (Å²) in [5, 5.41) is 11.7. The van der Waals surface area contributed by atoms with E-state index in [1.165, 1.54) is 6.42 Å². The van der Waals surface area contributed by atoms with Crippen molar-refractivity contribution in [2.75, 3.05) is 18.1 Å². The summed E-state index contributed by atoms with van der Waals surface area (Å²) in [6.45, 7) is 1.25. The van der Waals surface area contributed by atoms with E-state index in [9.17, 15) is 9.59 Å². The van der Waals surface area contributed by atoms with Gasteiger partial charge in [0.25, 0.3) is 0 Å². The van der Waals surface area contributed by atoms with Gasteiger partial charge in [-0.05, 0) is 37.0 Å². The van der Waals surface area contributed by atoms with Gasteiger partial charge in [0.05, 0.1) is 17.4 Å². The molecule has 0 radical (unpaired) electrons. The van der Waals surface area contributed by atoms with E-state index >= 15 is 0 Å². The van der Waals surface area contributed by atoms with Crippen molar-refractivity contribution in [2.24, 2.45) is 0 Å². The smallest absolute Gasteiger partial charge is 0.335 e. The lowest BCUT2D eigenvalue weighted by Gasteiger charge is -2.21. The number of benzene rings is 1. The van der Waals surface area contributed by atoms with Crippen LogP contribution in [0.25, 0.3) is 0 Å². The number of carboxylic acid groups (broad SMARTS) is 1. The maximum absolute atomic E-state index is 11.8. The zero-order chi connectivity index (χ0) is 15.8. The molecule has 1 amide bonds. The van der Waals surface area contributed by atoms with E-state index < -0.39 is 5.97 Å². The van der Waals surface area contributed by atoms with Gasteiger partial charge in [0, 0.05) is 18.9 Å². The summed E-state index contributed by atoms with van der Waals surface area (Å²) in [4.78, 5) is 22.5. The number of thioether (sulfide) groups is 1. The van der Waals surface area contributed by atoms with E-state index in [1.54, 1.807) is 36.0 Å². The second-order valence-corrected chi connectivity index (χ2v) is 6.31. The highest BCUT2D eigenvalue weighted by Crippen LogP contribution is 2.17. The van der Waals surface area contributed by atoms with Crippen LogP contribution in [0.1, 0.15) is 35.2 Å². The van der Waals surface area contributed by atoms with E-state index in [-0.39, 0.29) is 17.6 Å². The van der Waals surface area contributed by atoms with E-state index in [1.807, 2.05) is 0 Å². The first-order chi connectivity index (χ1) is 10.6. The third kappa shape index (κ3) is 5.69. The Hall–Kier alpha value is -1.53. The van der Waals surface area contributed by atoms with Gasteiger partial charge in [-0.15, -0.1) is 11.8 Å². The number of aromatic carboxylic acids is 1. The molecule has 0 spiro atoms. The van der Waals surface area contributed by atoms with Crippen molar-refractivity contribution in [2.45, 2.75) is 31.9 Å². The lowest BCUT2D eigenvalue weighted by atomic mass is 10.1. The lowest BCUT2D eigenvalue weighted by molar-refractivity contribution is -0.118. The predicted octanol–water partition coefficient (Wildman–Crippen LogP) is 2.30. The van der Waals surface area contributed by atoms with Crippen LogP contribution in [0.15, 0.2) is 24.3 Å². The Bertz CT molecular complexity index is 497. The highest BCUT2D eigenvalue weighted by molar-refractivity contribution is 7.99. The van der Waals surface area contributed by atoms with Gasteiger partial charge < -0.3 is 15.2 Å². The first kappa shape index (κ1) is 16.8. The van der Waals surface area contributed by atoms with Gasteiger partial charge in [-0.1, -0.05) is 12.1 Å². The number of carbonyl (C=O) groups is 2. The molecule has 1 aromatic carbocycles. The van der Waals surface area contributed by atoms with Crippen molar-refractivity contribution in [3.05, 3.63) is 35.4 Å². The zero-order valence-electron chi connectivity index (χ0n) is 12.4. The number of amides is 1. The standard InChI is InChI=1S/C16H21NO4S/c18-15(11-22-10-14-3-1-2-8-21-14)17-9-12-4-6-13(7-5-12)16(19)20/h4-7,14H,1-3,8-11H2,(H,17,18)(H,19,20). The van der Waals surface area contributed by atoms with Crippen LogP contribution in [0.3, 0.4) is 0 Å². The summed E-state index contributed by atoms with van der Waals surface area (Å²) < 4.78 is 5.62. The van der Waals surface area contributed by atoms with Crippen molar-refractivity contribution in [1.29, 1.82) is 0 Å². The van der Waals surface area contributed by atoms with Crippen LogP contribution in [0.2, 0.25) is 0 Å². The molecule has 120 valence electrons. The Morgan fingerprint density at radius 1 is 1.27 bits per heavy atom. The zero-order valence-corrected chi connectivity index (χ0v) is 13.2. The summed E-state index contributed by atoms with van der Waals surface area (Å²) in [7, 11) is 0. The molecule has 22 heavy (non-hydrogen) atoms. The van der Waals surface area contributed by atoms with Crippen LogP contribution in [-0.2, 0) is 16.1 Å². The van der Waals surface area contributed by atoms with Crippen LogP contribution < -0.4 is 5.32 Å². The summed E-state index contributed by atoms with van der Waals surface area (Å²) >= 11 is 1.59. The first-order valence-electron chi connectivity index (χ1n) is 7.43. The minimum atomic E-state index is -0.947. The van der Waals surface area contributed by atoms with Crippen molar-refractivity contribution >= 4 is 23.6 Å². The van der Waals surface area contributed by atoms with E-state index in [0.717, 1.165) is 30.8 Å². The Morgan fingerprint density at radius 3 is 2.68 bits per heavy atom. The summed E-state index contributed by atoms with van der Waals surface area (Å²) in [6.07, 6.45) is 3.73. The molecule has 0 aromatic heterocycles. The maximum atomic E-state index is 11.8. The number of carbonyl (C=O) groups excluding carboxylic acids is 1. The fraction of sp³-hybridized carbons (Fsp3) is 0.500. The molecule has 2 rings (SSSR count). The maximum Gasteiger partial charge on any atom is 0.335 e. The average molecular weight is 323 g/mol. The molecule has 1 heterocycles. The third-order valence-corrected chi connectivity index (χ3v) is 4.58. The molecule has 1 atom stereocenters. The number of carboxylic acids is 1. The highest BCUT2D eigenvalue weighted by Gasteiger charge is 2.14. The van der Waals surface area contributed by atoms with E-state index in [0.29, 0.717) is 12.3 Å². The van der Waals surface area contributed by atoms with Gasteiger partial charge >= 0.3 is 5.97 Å². The van der Waals surface area contributed by atoms with Gasteiger partial charge in [-0.3, -0.25) is 4.79 Å². The Labute approximate surface area is 134 Å². The molecule has 0 saturated carbocycles. The average Bonchev–Trinajstić information content (AvgIpc) is 2.54. The molecule has 1 aliphatic heterocycles. The summed E-state index contributed by atoms with van der Waals surface area (Å²) in [5.41, 5.74) is 1.14. The largest absolute Gasteiger partial charge is 0.478 e. The molecule has 0 aliphatic carbocycles. The molecule has 5 nitrogen and oxygen atoms in total. The summed E-state index contributed by atoms with van der Waals surface area (Å²) in [5.74, 6) is 0.327. The molecule has 0 bridgehead atoms. The first-order valence-corrected chi connectivity index (χ1v) is 8.59. The van der Waals surface area contributed by atoms with Gasteiger partial charge in [0.15, 0.2) is 0 Å². The minimum absolute atomic E-state index is 0.0110. The summed E-state index contributed by atoms with van der Waals surface area (Å²) in [6, 6.07) is 6.51. The molecular weight excluding hydrogens is 302 g/mol. The highest BCUT2D eigenvalue weighted by atomic mass is 32.2. The van der Waals surface area contributed by atoms with Crippen LogP contribution in [-0.4, -0.2) is 41.2 Å². The number of ether oxygens (including phenoxy) is 1. The molecular formula is C16H21NO4S. The molecule has 6 heteroatoms. The Morgan fingerprint density at radius 2 is 2.05 bits per heavy atom. The van der Waals surface area contributed by atoms with E-state index in [4.69, 9.17) is 9.84 Å². The third-order valence-electron chi connectivity index (χ3n) is 3.50. The quantitative estimate of drug-likeness (QED) is 0.805. The monoisotopic (exact) mass is 323 g/mol. The number of hydrogen-bond acceptors (Lipinski definition) is 4. The fourth-order valence-corrected chi connectivity index (χ4v) is 3.17. The van der Waals surface area contributed by atoms with Gasteiger partial charge in [0.2, 0.25) is 5.91 Å². The topological polar surface area (TPSA) is 75.6 Å². The van der Waals surface area contributed by atoms with Crippen molar-refractivity contribution in [1.82, 2.24) is 5.32 Å².